The zero-order valence-corrected chi connectivity index (χ0v) is 12.9. The first kappa shape index (κ1) is 14.1. The van der Waals surface area contributed by atoms with E-state index in [4.69, 9.17) is 4.43 Å². The first-order valence-electron chi connectivity index (χ1n) is 5.26. The molecular formula is C10H26NOSi2+. The molecule has 0 fully saturated rings. The van der Waals surface area contributed by atoms with E-state index in [2.05, 4.69) is 52.8 Å². The van der Waals surface area contributed by atoms with Gasteiger partial charge < -0.3 is 8.24 Å². The van der Waals surface area contributed by atoms with Crippen molar-refractivity contribution in [2.24, 2.45) is 0 Å². The van der Waals surface area contributed by atoms with Gasteiger partial charge >= 0.3 is 9.20 Å². The van der Waals surface area contributed by atoms with Gasteiger partial charge in [0.1, 0.15) is 0 Å². The van der Waals surface area contributed by atoms with Crippen molar-refractivity contribution in [3.05, 3.63) is 12.3 Å². The summed E-state index contributed by atoms with van der Waals surface area (Å²) >= 11 is 0. The summed E-state index contributed by atoms with van der Waals surface area (Å²) in [5.41, 5.74) is 2.19. The molecule has 0 saturated carbocycles. The second-order valence-corrected chi connectivity index (χ2v) is 12.9. The zero-order valence-electron chi connectivity index (χ0n) is 10.8. The highest BCUT2D eigenvalue weighted by atomic mass is 28.4. The van der Waals surface area contributed by atoms with Gasteiger partial charge in [-0.2, -0.15) is 0 Å². The molecule has 84 valence electrons. The topological polar surface area (TPSA) is 9.23 Å². The maximum atomic E-state index is 5.66. The average molecular weight is 232 g/mol. The lowest BCUT2D eigenvalue weighted by Gasteiger charge is -2.52. The maximum absolute atomic E-state index is 5.66. The van der Waals surface area contributed by atoms with Crippen LogP contribution >= 0.6 is 0 Å². The third-order valence-electron chi connectivity index (χ3n) is 3.91. The Bertz CT molecular complexity index is 206. The Balaban J connectivity index is 5.19. The molecule has 0 aliphatic rings. The number of rotatable bonds is 5. The molecule has 0 saturated heterocycles. The van der Waals surface area contributed by atoms with Crippen LogP contribution in [0.2, 0.25) is 19.6 Å². The summed E-state index contributed by atoms with van der Waals surface area (Å²) in [6.07, 6.45) is 0. The Morgan fingerprint density at radius 1 is 1.43 bits per heavy atom. The molecule has 2 atom stereocenters. The lowest BCUT2D eigenvalue weighted by Crippen LogP contribution is -2.71. The lowest BCUT2D eigenvalue weighted by molar-refractivity contribution is -0.734. The van der Waals surface area contributed by atoms with Gasteiger partial charge in [0.25, 0.3) is 8.24 Å². The van der Waals surface area contributed by atoms with E-state index < -0.39 is 17.4 Å². The van der Waals surface area contributed by atoms with E-state index in [-0.39, 0.29) is 0 Å². The minimum atomic E-state index is -1.44. The van der Waals surface area contributed by atoms with Crippen LogP contribution in [0.3, 0.4) is 0 Å². The SMILES string of the molecule is C=C[Si](C)(C)[N+](C)(C(C)C)[SiH](C)OC. The van der Waals surface area contributed by atoms with Gasteiger partial charge in [0, 0.05) is 20.7 Å². The predicted molar refractivity (Wildman–Crippen MR) is 69.0 cm³/mol. The first-order valence-corrected chi connectivity index (χ1v) is 10.4. The van der Waals surface area contributed by atoms with Crippen LogP contribution in [0.1, 0.15) is 13.8 Å². The molecular weight excluding hydrogens is 206 g/mol. The van der Waals surface area contributed by atoms with Crippen LogP contribution in [0.25, 0.3) is 0 Å². The number of nitrogens with zero attached hydrogens (tertiary/aromatic N) is 1. The fourth-order valence-electron chi connectivity index (χ4n) is 1.97. The Morgan fingerprint density at radius 2 is 1.86 bits per heavy atom. The lowest BCUT2D eigenvalue weighted by atomic mass is 10.4. The standard InChI is InChI=1S/C10H26NOSi2/c1-9-14(7,8)11(4,10(2)3)13(6)12-5/h9-10,13H,1H2,2-8H3/q+1. The Labute approximate surface area is 92.1 Å². The van der Waals surface area contributed by atoms with Crippen LogP contribution in [0.15, 0.2) is 12.3 Å². The molecule has 2 unspecified atom stereocenters. The minimum Gasteiger partial charge on any atom is -0.423 e. The first-order chi connectivity index (χ1) is 6.24. The maximum Gasteiger partial charge on any atom is 0.401 e. The van der Waals surface area contributed by atoms with Gasteiger partial charge in [-0.05, 0) is 32.6 Å². The van der Waals surface area contributed by atoms with Crippen LogP contribution in [-0.2, 0) is 4.43 Å². The Kier molecular flexibility index (Phi) is 4.77. The van der Waals surface area contributed by atoms with E-state index in [1.807, 2.05) is 7.11 Å². The molecule has 0 aliphatic carbocycles. The number of hydrogen-bond acceptors (Lipinski definition) is 1. The highest BCUT2D eigenvalue weighted by Gasteiger charge is 2.48. The molecule has 4 heteroatoms. The monoisotopic (exact) mass is 232 g/mol. The quantitative estimate of drug-likeness (QED) is 0.661. The Hall–Kier alpha value is 0.0938. The van der Waals surface area contributed by atoms with E-state index in [0.717, 1.165) is 3.81 Å². The largest absolute Gasteiger partial charge is 0.423 e. The molecule has 0 N–H and O–H groups in total. The summed E-state index contributed by atoms with van der Waals surface area (Å²) in [6, 6.07) is 0.622. The van der Waals surface area contributed by atoms with Gasteiger partial charge in [-0.15, -0.1) is 6.58 Å². The fourth-order valence-corrected chi connectivity index (χ4v) is 9.35. The van der Waals surface area contributed by atoms with Gasteiger partial charge in [0.15, 0.2) is 0 Å². The molecule has 0 radical (unpaired) electrons. The van der Waals surface area contributed by atoms with Crippen molar-refractivity contribution < 1.29 is 8.24 Å². The van der Waals surface area contributed by atoms with E-state index in [1.54, 1.807) is 0 Å². The summed E-state index contributed by atoms with van der Waals surface area (Å²) in [4.78, 5) is 0. The van der Waals surface area contributed by atoms with Crippen LogP contribution in [0.5, 0.6) is 0 Å². The second kappa shape index (κ2) is 4.74. The molecule has 0 aromatic carbocycles. The summed E-state index contributed by atoms with van der Waals surface area (Å²) in [7, 11) is 1.57. The number of hydrogen-bond donors (Lipinski definition) is 0. The molecule has 14 heavy (non-hydrogen) atoms. The fraction of sp³-hybridized carbons (Fsp3) is 0.800. The number of quaternary nitrogens is 1. The van der Waals surface area contributed by atoms with Gasteiger partial charge in [-0.3, -0.25) is 0 Å². The molecule has 0 amide bonds. The highest BCUT2D eigenvalue weighted by Crippen LogP contribution is 2.26. The molecule has 0 rings (SSSR count). The molecule has 0 bridgehead atoms. The average Bonchev–Trinajstić information content (AvgIpc) is 2.14. The molecule has 0 aliphatic heterocycles. The van der Waals surface area contributed by atoms with Crippen LogP contribution in [0.4, 0.5) is 0 Å². The second-order valence-electron chi connectivity index (χ2n) is 4.93. The smallest absolute Gasteiger partial charge is 0.401 e. The van der Waals surface area contributed by atoms with Crippen molar-refractivity contribution in [1.29, 1.82) is 0 Å². The van der Waals surface area contributed by atoms with E-state index in [0.29, 0.717) is 6.04 Å². The summed E-state index contributed by atoms with van der Waals surface area (Å²) in [5.74, 6) is 0. The molecule has 0 heterocycles. The van der Waals surface area contributed by atoms with Crippen LogP contribution in [0, 0.1) is 0 Å². The Morgan fingerprint density at radius 3 is 2.07 bits per heavy atom. The molecule has 2 nitrogen and oxygen atoms in total. The van der Waals surface area contributed by atoms with Crippen LogP contribution in [-0.4, -0.2) is 41.5 Å². The summed E-state index contributed by atoms with van der Waals surface area (Å²) < 4.78 is 6.78. The van der Waals surface area contributed by atoms with E-state index in [1.165, 1.54) is 0 Å². The summed E-state index contributed by atoms with van der Waals surface area (Å²) in [5, 5.41) is 0. The van der Waals surface area contributed by atoms with E-state index in [9.17, 15) is 0 Å². The van der Waals surface area contributed by atoms with Gasteiger partial charge in [-0.25, -0.2) is 0 Å². The van der Waals surface area contributed by atoms with E-state index >= 15 is 0 Å². The predicted octanol–water partition coefficient (Wildman–Crippen LogP) is 2.27. The molecule has 0 spiro atoms. The zero-order chi connectivity index (χ0) is 11.6. The van der Waals surface area contributed by atoms with Gasteiger partial charge in [0.2, 0.25) is 0 Å². The third kappa shape index (κ3) is 2.19. The van der Waals surface area contributed by atoms with Crippen molar-refractivity contribution in [2.45, 2.75) is 39.5 Å². The highest BCUT2D eigenvalue weighted by molar-refractivity contribution is 6.79. The van der Waals surface area contributed by atoms with Crippen molar-refractivity contribution in [1.82, 2.24) is 0 Å². The van der Waals surface area contributed by atoms with Crippen molar-refractivity contribution in [3.63, 3.8) is 0 Å². The summed E-state index contributed by atoms with van der Waals surface area (Å²) in [6.45, 7) is 15.6. The normalized spacial score (nSPS) is 19.1. The molecule has 0 aromatic heterocycles. The van der Waals surface area contributed by atoms with Crippen molar-refractivity contribution in [2.75, 3.05) is 14.2 Å². The minimum absolute atomic E-state index is 0.622. The van der Waals surface area contributed by atoms with Crippen molar-refractivity contribution >= 4 is 17.4 Å². The third-order valence-corrected chi connectivity index (χ3v) is 13.8. The van der Waals surface area contributed by atoms with Crippen molar-refractivity contribution in [3.8, 4) is 0 Å². The van der Waals surface area contributed by atoms with Gasteiger partial charge in [0.05, 0.1) is 6.04 Å². The van der Waals surface area contributed by atoms with Crippen LogP contribution < -0.4 is 0 Å². The van der Waals surface area contributed by atoms with Gasteiger partial charge in [-0.1, -0.05) is 0 Å². The molecule has 0 aromatic rings.